The number of allylic oxidation sites excluding steroid dienone is 1. The number of hydrogen-bond acceptors (Lipinski definition) is 4. The van der Waals surface area contributed by atoms with Crippen molar-refractivity contribution in [1.82, 2.24) is 4.98 Å². The predicted octanol–water partition coefficient (Wildman–Crippen LogP) is 4.36. The zero-order chi connectivity index (χ0) is 18.6. The third-order valence-electron chi connectivity index (χ3n) is 3.67. The molecule has 0 bridgehead atoms. The quantitative estimate of drug-likeness (QED) is 0.349. The van der Waals surface area contributed by atoms with Gasteiger partial charge in [-0.25, -0.2) is 4.79 Å². The Hall–Kier alpha value is -2.65. The number of rotatable bonds is 5. The van der Waals surface area contributed by atoms with Crippen LogP contribution in [0.15, 0.2) is 34.3 Å². The number of carbonyl (C=O) groups is 2. The molecule has 2 rings (SSSR count). The normalized spacial score (nSPS) is 11.1. The van der Waals surface area contributed by atoms with Gasteiger partial charge < -0.3 is 9.72 Å². The van der Waals surface area contributed by atoms with E-state index in [-0.39, 0.29) is 17.9 Å². The van der Waals surface area contributed by atoms with Gasteiger partial charge in [-0.15, -0.1) is 0 Å². The van der Waals surface area contributed by atoms with Crippen LogP contribution < -0.4 is 0 Å². The molecule has 128 valence electrons. The molecule has 0 radical (unpaired) electrons. The van der Waals surface area contributed by atoms with Gasteiger partial charge in [0.25, 0.3) is 0 Å². The van der Waals surface area contributed by atoms with Gasteiger partial charge in [-0.05, 0) is 50.1 Å². The van der Waals surface area contributed by atoms with Crippen molar-refractivity contribution in [1.29, 1.82) is 5.26 Å². The smallest absolute Gasteiger partial charge is 0.340 e. The number of nitriles is 1. The molecule has 0 aliphatic carbocycles. The summed E-state index contributed by atoms with van der Waals surface area (Å²) in [5.74, 6) is -0.944. The maximum Gasteiger partial charge on any atom is 0.340 e. The zero-order valence-corrected chi connectivity index (χ0v) is 15.7. The summed E-state index contributed by atoms with van der Waals surface area (Å²) in [6.45, 7) is 5.32. The van der Waals surface area contributed by atoms with Crippen LogP contribution in [0.4, 0.5) is 0 Å². The summed E-state index contributed by atoms with van der Waals surface area (Å²) in [4.78, 5) is 27.7. The van der Waals surface area contributed by atoms with Crippen LogP contribution in [0.2, 0.25) is 0 Å². The van der Waals surface area contributed by atoms with E-state index in [2.05, 4.69) is 20.9 Å². The van der Waals surface area contributed by atoms with Crippen LogP contribution in [0.25, 0.3) is 6.08 Å². The van der Waals surface area contributed by atoms with E-state index in [0.29, 0.717) is 16.8 Å². The predicted molar refractivity (Wildman–Crippen MR) is 98.3 cm³/mol. The molecule has 6 heteroatoms. The molecule has 0 atom stereocenters. The Morgan fingerprint density at radius 2 is 2.08 bits per heavy atom. The Labute approximate surface area is 154 Å². The summed E-state index contributed by atoms with van der Waals surface area (Å²) in [6, 6.07) is 9.22. The maximum absolute atomic E-state index is 12.7. The molecule has 2 aromatic rings. The van der Waals surface area contributed by atoms with Crippen molar-refractivity contribution >= 4 is 33.8 Å². The Morgan fingerprint density at radius 1 is 1.36 bits per heavy atom. The highest BCUT2D eigenvalue weighted by atomic mass is 79.9. The second kappa shape index (κ2) is 7.95. The first-order valence-electron chi connectivity index (χ1n) is 7.67. The molecule has 1 aromatic carbocycles. The lowest BCUT2D eigenvalue weighted by atomic mass is 10.0. The number of nitrogens with zero attached hydrogens (tertiary/aromatic N) is 1. The van der Waals surface area contributed by atoms with E-state index in [1.807, 2.05) is 24.3 Å². The van der Waals surface area contributed by atoms with Crippen LogP contribution in [0, 0.1) is 25.2 Å². The fourth-order valence-electron chi connectivity index (χ4n) is 2.53. The summed E-state index contributed by atoms with van der Waals surface area (Å²) in [5.41, 5.74) is 2.30. The van der Waals surface area contributed by atoms with Gasteiger partial charge in [0.15, 0.2) is 0 Å². The van der Waals surface area contributed by atoms with Gasteiger partial charge in [0.05, 0.1) is 17.9 Å². The Kier molecular flexibility index (Phi) is 5.94. The topological polar surface area (TPSA) is 83.0 Å². The molecule has 0 aliphatic rings. The van der Waals surface area contributed by atoms with Crippen molar-refractivity contribution in [2.75, 3.05) is 6.61 Å². The van der Waals surface area contributed by atoms with Crippen LogP contribution in [-0.2, 0) is 4.74 Å². The minimum atomic E-state index is -0.484. The van der Waals surface area contributed by atoms with Gasteiger partial charge in [0.2, 0.25) is 5.78 Å². The Bertz CT molecular complexity index is 904. The highest BCUT2D eigenvalue weighted by molar-refractivity contribution is 9.10. The molecule has 25 heavy (non-hydrogen) atoms. The zero-order valence-electron chi connectivity index (χ0n) is 14.1. The highest BCUT2D eigenvalue weighted by Gasteiger charge is 2.24. The summed E-state index contributed by atoms with van der Waals surface area (Å²) >= 11 is 3.36. The summed E-state index contributed by atoms with van der Waals surface area (Å²) in [7, 11) is 0. The number of Topliss-reactive ketones (excluding diaryl/α,β-unsaturated/α-hetero) is 1. The van der Waals surface area contributed by atoms with E-state index in [1.54, 1.807) is 26.8 Å². The van der Waals surface area contributed by atoms with Gasteiger partial charge in [-0.3, -0.25) is 4.79 Å². The number of carbonyl (C=O) groups excluding carboxylic acids is 2. The second-order valence-electron chi connectivity index (χ2n) is 5.40. The van der Waals surface area contributed by atoms with Crippen LogP contribution >= 0.6 is 15.9 Å². The van der Waals surface area contributed by atoms with Crippen molar-refractivity contribution in [3.8, 4) is 6.07 Å². The fraction of sp³-hybridized carbons (Fsp3) is 0.211. The standard InChI is InChI=1S/C19H17BrN2O3/c1-4-25-19(24)16-11(2)17(22-12(16)3)18(23)14(10-21)8-13-6-5-7-15(20)9-13/h5-9,22H,4H2,1-3H3/b14-8+. The van der Waals surface area contributed by atoms with Gasteiger partial charge in [0, 0.05) is 10.2 Å². The number of aromatic nitrogens is 1. The molecule has 0 spiro atoms. The molecule has 0 amide bonds. The van der Waals surface area contributed by atoms with Crippen molar-refractivity contribution in [2.45, 2.75) is 20.8 Å². The van der Waals surface area contributed by atoms with E-state index in [9.17, 15) is 14.9 Å². The lowest BCUT2D eigenvalue weighted by molar-refractivity contribution is 0.0525. The van der Waals surface area contributed by atoms with Crippen molar-refractivity contribution in [2.24, 2.45) is 0 Å². The van der Waals surface area contributed by atoms with Gasteiger partial charge in [-0.1, -0.05) is 28.1 Å². The first-order valence-corrected chi connectivity index (χ1v) is 8.46. The fourth-order valence-corrected chi connectivity index (χ4v) is 2.95. The number of nitrogens with one attached hydrogen (secondary N) is 1. The number of aromatic amines is 1. The molecular weight excluding hydrogens is 384 g/mol. The molecule has 0 unspecified atom stereocenters. The number of halogens is 1. The number of esters is 1. The molecule has 1 N–H and O–H groups in total. The molecule has 0 aliphatic heterocycles. The average Bonchev–Trinajstić information content (AvgIpc) is 2.87. The largest absolute Gasteiger partial charge is 0.462 e. The monoisotopic (exact) mass is 400 g/mol. The van der Waals surface area contributed by atoms with E-state index >= 15 is 0 Å². The molecule has 1 heterocycles. The van der Waals surface area contributed by atoms with Crippen molar-refractivity contribution in [3.05, 3.63) is 62.4 Å². The number of hydrogen-bond donors (Lipinski definition) is 1. The summed E-state index contributed by atoms with van der Waals surface area (Å²) in [5, 5.41) is 9.39. The third kappa shape index (κ3) is 4.06. The minimum Gasteiger partial charge on any atom is -0.462 e. The molecule has 0 fully saturated rings. The maximum atomic E-state index is 12.7. The van der Waals surface area contributed by atoms with Crippen LogP contribution in [0.1, 0.15) is 44.6 Å². The third-order valence-corrected chi connectivity index (χ3v) is 4.16. The average molecular weight is 401 g/mol. The number of ketones is 1. The van der Waals surface area contributed by atoms with Gasteiger partial charge in [-0.2, -0.15) is 5.26 Å². The second-order valence-corrected chi connectivity index (χ2v) is 6.32. The highest BCUT2D eigenvalue weighted by Crippen LogP contribution is 2.23. The first kappa shape index (κ1) is 18.7. The number of aryl methyl sites for hydroxylation is 1. The Balaban J connectivity index is 2.44. The van der Waals surface area contributed by atoms with Gasteiger partial charge >= 0.3 is 5.97 Å². The SMILES string of the molecule is CCOC(=O)c1c(C)[nH]c(C(=O)/C(C#N)=C/c2cccc(Br)c2)c1C. The van der Waals surface area contributed by atoms with E-state index in [0.717, 1.165) is 10.0 Å². The van der Waals surface area contributed by atoms with Crippen LogP contribution in [-0.4, -0.2) is 23.3 Å². The number of benzene rings is 1. The first-order chi connectivity index (χ1) is 11.9. The molecule has 5 nitrogen and oxygen atoms in total. The molecular formula is C19H17BrN2O3. The molecule has 0 saturated heterocycles. The lowest BCUT2D eigenvalue weighted by Crippen LogP contribution is -2.08. The minimum absolute atomic E-state index is 0.0159. The summed E-state index contributed by atoms with van der Waals surface area (Å²) < 4.78 is 5.87. The van der Waals surface area contributed by atoms with E-state index in [4.69, 9.17) is 4.74 Å². The number of H-pyrrole nitrogens is 1. The van der Waals surface area contributed by atoms with Crippen LogP contribution in [0.5, 0.6) is 0 Å². The Morgan fingerprint density at radius 3 is 2.68 bits per heavy atom. The van der Waals surface area contributed by atoms with Crippen molar-refractivity contribution < 1.29 is 14.3 Å². The van der Waals surface area contributed by atoms with Gasteiger partial charge in [0.1, 0.15) is 11.6 Å². The molecule has 0 saturated carbocycles. The van der Waals surface area contributed by atoms with Crippen molar-refractivity contribution in [3.63, 3.8) is 0 Å². The van der Waals surface area contributed by atoms with Crippen LogP contribution in [0.3, 0.4) is 0 Å². The molecule has 1 aromatic heterocycles. The van der Waals surface area contributed by atoms with E-state index in [1.165, 1.54) is 6.08 Å². The number of ether oxygens (including phenoxy) is 1. The van der Waals surface area contributed by atoms with E-state index < -0.39 is 11.8 Å². The summed E-state index contributed by atoms with van der Waals surface area (Å²) in [6.07, 6.45) is 1.52. The lowest BCUT2D eigenvalue weighted by Gasteiger charge is -2.03.